The Balaban J connectivity index is 3.03. The highest BCUT2D eigenvalue weighted by atomic mass is 32.2. The van der Waals surface area contributed by atoms with Gasteiger partial charge in [-0.05, 0) is 18.6 Å². The number of furan rings is 1. The molecule has 0 radical (unpaired) electrons. The molecule has 21 heavy (non-hydrogen) atoms. The molecule has 0 spiro atoms. The molecule has 1 aromatic rings. The van der Waals surface area contributed by atoms with Gasteiger partial charge in [0.25, 0.3) is 15.9 Å². The van der Waals surface area contributed by atoms with E-state index in [0.29, 0.717) is 6.42 Å². The SMILES string of the molecule is CCCN(CC(=O)O)C(=O)c1ccc(S(=O)(=O)N(C)C)o1. The molecule has 0 bridgehead atoms. The number of carboxylic acids is 1. The maximum Gasteiger partial charge on any atom is 0.323 e. The molecule has 0 aliphatic rings. The zero-order valence-electron chi connectivity index (χ0n) is 12.1. The van der Waals surface area contributed by atoms with Crippen LogP contribution in [-0.4, -0.2) is 61.8 Å². The third-order valence-corrected chi connectivity index (χ3v) is 4.32. The van der Waals surface area contributed by atoms with E-state index in [1.807, 2.05) is 0 Å². The minimum Gasteiger partial charge on any atom is -0.480 e. The summed E-state index contributed by atoms with van der Waals surface area (Å²) in [6.45, 7) is 1.57. The van der Waals surface area contributed by atoms with Crippen molar-refractivity contribution in [3.63, 3.8) is 0 Å². The van der Waals surface area contributed by atoms with Gasteiger partial charge in [-0.15, -0.1) is 0 Å². The van der Waals surface area contributed by atoms with E-state index in [1.165, 1.54) is 26.2 Å². The number of carbonyl (C=O) groups excluding carboxylic acids is 1. The van der Waals surface area contributed by atoms with Crippen LogP contribution in [0.15, 0.2) is 21.6 Å². The van der Waals surface area contributed by atoms with Crippen molar-refractivity contribution in [2.75, 3.05) is 27.2 Å². The highest BCUT2D eigenvalue weighted by Gasteiger charge is 2.26. The maximum absolute atomic E-state index is 12.1. The van der Waals surface area contributed by atoms with E-state index >= 15 is 0 Å². The second-order valence-electron chi connectivity index (χ2n) is 4.53. The highest BCUT2D eigenvalue weighted by molar-refractivity contribution is 7.88. The first-order valence-electron chi connectivity index (χ1n) is 6.23. The predicted molar refractivity (Wildman–Crippen MR) is 73.4 cm³/mol. The van der Waals surface area contributed by atoms with Gasteiger partial charge in [-0.25, -0.2) is 12.7 Å². The molecule has 1 rings (SSSR count). The lowest BCUT2D eigenvalue weighted by Crippen LogP contribution is -2.36. The molecule has 1 heterocycles. The molecular weight excluding hydrogens is 300 g/mol. The van der Waals surface area contributed by atoms with Crippen LogP contribution in [0.2, 0.25) is 0 Å². The zero-order valence-corrected chi connectivity index (χ0v) is 12.9. The fraction of sp³-hybridized carbons (Fsp3) is 0.500. The third kappa shape index (κ3) is 4.05. The second-order valence-corrected chi connectivity index (χ2v) is 6.61. The molecule has 8 nitrogen and oxygen atoms in total. The van der Waals surface area contributed by atoms with Gasteiger partial charge in [-0.2, -0.15) is 0 Å². The summed E-state index contributed by atoms with van der Waals surface area (Å²) in [5, 5.41) is 8.43. The first-order valence-corrected chi connectivity index (χ1v) is 7.67. The standard InChI is InChI=1S/C12H18N2O6S/c1-4-7-14(8-10(15)16)12(17)9-5-6-11(20-9)21(18,19)13(2)3/h5-6H,4,7-8H2,1-3H3,(H,15,16). The molecule has 1 aromatic heterocycles. The highest BCUT2D eigenvalue weighted by Crippen LogP contribution is 2.18. The maximum atomic E-state index is 12.1. The normalized spacial score (nSPS) is 11.6. The smallest absolute Gasteiger partial charge is 0.323 e. The number of hydrogen-bond acceptors (Lipinski definition) is 5. The summed E-state index contributed by atoms with van der Waals surface area (Å²) in [4.78, 5) is 24.0. The van der Waals surface area contributed by atoms with Gasteiger partial charge in [-0.3, -0.25) is 9.59 Å². The number of carboxylic acid groups (broad SMARTS) is 1. The Labute approximate surface area is 123 Å². The summed E-state index contributed by atoms with van der Waals surface area (Å²) < 4.78 is 29.7. The number of carbonyl (C=O) groups is 2. The summed E-state index contributed by atoms with van der Waals surface area (Å²) in [6, 6.07) is 2.40. The molecular formula is C12H18N2O6S. The fourth-order valence-corrected chi connectivity index (χ4v) is 2.39. The Morgan fingerprint density at radius 1 is 1.29 bits per heavy atom. The minimum absolute atomic E-state index is 0.204. The Morgan fingerprint density at radius 2 is 1.90 bits per heavy atom. The number of amides is 1. The topological polar surface area (TPSA) is 108 Å². The molecule has 1 amide bonds. The van der Waals surface area contributed by atoms with E-state index in [4.69, 9.17) is 9.52 Å². The lowest BCUT2D eigenvalue weighted by atomic mass is 10.3. The van der Waals surface area contributed by atoms with Crippen molar-refractivity contribution in [1.29, 1.82) is 0 Å². The number of sulfonamides is 1. The van der Waals surface area contributed by atoms with Crippen molar-refractivity contribution in [2.24, 2.45) is 0 Å². The Kier molecular flexibility index (Phi) is 5.50. The first kappa shape index (κ1) is 17.2. The predicted octanol–water partition coefficient (Wildman–Crippen LogP) is 0.467. The number of rotatable bonds is 7. The van der Waals surface area contributed by atoms with Crippen LogP contribution in [0.1, 0.15) is 23.9 Å². The van der Waals surface area contributed by atoms with Crippen LogP contribution in [-0.2, 0) is 14.8 Å². The van der Waals surface area contributed by atoms with Crippen LogP contribution < -0.4 is 0 Å². The first-order chi connectivity index (χ1) is 9.70. The van der Waals surface area contributed by atoms with Crippen LogP contribution in [0.25, 0.3) is 0 Å². The quantitative estimate of drug-likeness (QED) is 0.782. The summed E-state index contributed by atoms with van der Waals surface area (Å²) in [7, 11) is -1.09. The van der Waals surface area contributed by atoms with Crippen molar-refractivity contribution in [2.45, 2.75) is 18.4 Å². The van der Waals surface area contributed by atoms with E-state index in [1.54, 1.807) is 6.92 Å². The Morgan fingerprint density at radius 3 is 2.38 bits per heavy atom. The summed E-state index contributed by atoms with van der Waals surface area (Å²) in [5.41, 5.74) is 0. The van der Waals surface area contributed by atoms with Gasteiger partial charge in [0, 0.05) is 20.6 Å². The average Bonchev–Trinajstić information content (AvgIpc) is 2.86. The van der Waals surface area contributed by atoms with Crippen LogP contribution >= 0.6 is 0 Å². The summed E-state index contributed by atoms with van der Waals surface area (Å²) >= 11 is 0. The molecule has 0 saturated carbocycles. The minimum atomic E-state index is -3.77. The van der Waals surface area contributed by atoms with Crippen LogP contribution in [0.5, 0.6) is 0 Å². The third-order valence-electron chi connectivity index (χ3n) is 2.63. The lowest BCUT2D eigenvalue weighted by molar-refractivity contribution is -0.137. The summed E-state index contributed by atoms with van der Waals surface area (Å²) in [6.07, 6.45) is 0.572. The van der Waals surface area contributed by atoms with E-state index in [0.717, 1.165) is 9.21 Å². The second kappa shape index (κ2) is 6.72. The molecule has 0 aliphatic heterocycles. The molecule has 9 heteroatoms. The number of nitrogens with zero attached hydrogens (tertiary/aromatic N) is 2. The van der Waals surface area contributed by atoms with E-state index < -0.39 is 28.4 Å². The number of hydrogen-bond donors (Lipinski definition) is 1. The van der Waals surface area contributed by atoms with Gasteiger partial charge >= 0.3 is 5.97 Å². The zero-order chi connectivity index (χ0) is 16.2. The van der Waals surface area contributed by atoms with Crippen molar-refractivity contribution < 1.29 is 27.5 Å². The molecule has 0 atom stereocenters. The molecule has 0 aliphatic carbocycles. The van der Waals surface area contributed by atoms with Gasteiger partial charge < -0.3 is 14.4 Å². The largest absolute Gasteiger partial charge is 0.480 e. The van der Waals surface area contributed by atoms with E-state index in [2.05, 4.69) is 0 Å². The van der Waals surface area contributed by atoms with Crippen LogP contribution in [0, 0.1) is 0 Å². The van der Waals surface area contributed by atoms with Gasteiger partial charge in [0.15, 0.2) is 5.76 Å². The molecule has 1 N–H and O–H groups in total. The van der Waals surface area contributed by atoms with Crippen molar-refractivity contribution in [3.8, 4) is 0 Å². The Bertz CT molecular complexity index is 619. The lowest BCUT2D eigenvalue weighted by Gasteiger charge is -2.18. The van der Waals surface area contributed by atoms with E-state index in [9.17, 15) is 18.0 Å². The molecule has 0 saturated heterocycles. The monoisotopic (exact) mass is 318 g/mol. The average molecular weight is 318 g/mol. The van der Waals surface area contributed by atoms with Crippen molar-refractivity contribution in [1.82, 2.24) is 9.21 Å². The van der Waals surface area contributed by atoms with Crippen LogP contribution in [0.4, 0.5) is 0 Å². The molecule has 118 valence electrons. The van der Waals surface area contributed by atoms with Gasteiger partial charge in [0.2, 0.25) is 5.09 Å². The van der Waals surface area contributed by atoms with Gasteiger partial charge in [0.1, 0.15) is 6.54 Å². The molecule has 0 aromatic carbocycles. The summed E-state index contributed by atoms with van der Waals surface area (Å²) in [5.74, 6) is -2.01. The number of aliphatic carboxylic acids is 1. The van der Waals surface area contributed by atoms with E-state index in [-0.39, 0.29) is 17.4 Å². The fourth-order valence-electron chi connectivity index (χ4n) is 1.60. The molecule has 0 fully saturated rings. The van der Waals surface area contributed by atoms with Crippen molar-refractivity contribution in [3.05, 3.63) is 17.9 Å². The van der Waals surface area contributed by atoms with Crippen molar-refractivity contribution >= 4 is 21.9 Å². The van der Waals surface area contributed by atoms with Gasteiger partial charge in [0.05, 0.1) is 0 Å². The Hall–Kier alpha value is -1.87. The molecule has 0 unspecified atom stereocenters. The van der Waals surface area contributed by atoms with Gasteiger partial charge in [-0.1, -0.05) is 6.92 Å². The van der Waals surface area contributed by atoms with Crippen LogP contribution in [0.3, 0.4) is 0 Å².